The highest BCUT2D eigenvalue weighted by Gasteiger charge is 2.65. The van der Waals surface area contributed by atoms with Crippen molar-refractivity contribution in [2.24, 2.45) is 11.8 Å². The minimum Gasteiger partial charge on any atom is -0.384 e. The minimum atomic E-state index is -0.855. The van der Waals surface area contributed by atoms with Crippen LogP contribution in [0.2, 0.25) is 0 Å². The molecule has 2 aliphatic carbocycles. The Balaban J connectivity index is 2.01. The second-order valence-electron chi connectivity index (χ2n) is 5.26. The summed E-state index contributed by atoms with van der Waals surface area (Å²) in [7, 11) is 0. The fraction of sp³-hybridized carbons (Fsp3) is 0.571. The van der Waals surface area contributed by atoms with E-state index in [-0.39, 0.29) is 5.82 Å². The van der Waals surface area contributed by atoms with Crippen LogP contribution in [0, 0.1) is 24.6 Å². The molecule has 2 saturated carbocycles. The van der Waals surface area contributed by atoms with Crippen LogP contribution in [0.15, 0.2) is 18.2 Å². The summed E-state index contributed by atoms with van der Waals surface area (Å²) in [6.07, 6.45) is 4.46. The first-order valence-electron chi connectivity index (χ1n) is 6.13. The third-order valence-electron chi connectivity index (χ3n) is 4.41. The monoisotopic (exact) mass is 220 g/mol. The van der Waals surface area contributed by atoms with E-state index in [2.05, 4.69) is 0 Å². The summed E-state index contributed by atoms with van der Waals surface area (Å²) < 4.78 is 14.0. The molecule has 2 fully saturated rings. The van der Waals surface area contributed by atoms with Crippen LogP contribution in [-0.4, -0.2) is 5.11 Å². The third-order valence-corrected chi connectivity index (χ3v) is 4.41. The van der Waals surface area contributed by atoms with Crippen LogP contribution < -0.4 is 0 Å². The standard InChI is InChI=1S/C14H17FO/c1-9-5-4-8-12(13(9)15)14(16)10-6-2-3-7-11(10)14/h4-5,8,10-11,16H,2-3,6-7H2,1H3. The van der Waals surface area contributed by atoms with Gasteiger partial charge in [-0.15, -0.1) is 0 Å². The number of benzene rings is 1. The first kappa shape index (κ1) is 10.3. The molecule has 0 bridgehead atoms. The lowest BCUT2D eigenvalue weighted by Crippen LogP contribution is -2.13. The molecule has 86 valence electrons. The molecule has 0 heterocycles. The predicted molar refractivity (Wildman–Crippen MR) is 60.5 cm³/mol. The Labute approximate surface area is 95.3 Å². The van der Waals surface area contributed by atoms with Gasteiger partial charge in [-0.2, -0.15) is 0 Å². The van der Waals surface area contributed by atoms with Crippen molar-refractivity contribution in [1.82, 2.24) is 0 Å². The van der Waals surface area contributed by atoms with Crippen molar-refractivity contribution in [2.45, 2.75) is 38.2 Å². The molecule has 0 spiro atoms. The molecule has 0 saturated heterocycles. The Bertz CT molecular complexity index is 415. The van der Waals surface area contributed by atoms with Gasteiger partial charge >= 0.3 is 0 Å². The molecule has 2 atom stereocenters. The van der Waals surface area contributed by atoms with E-state index >= 15 is 0 Å². The van der Waals surface area contributed by atoms with Crippen LogP contribution in [0.5, 0.6) is 0 Å². The zero-order valence-electron chi connectivity index (χ0n) is 9.54. The van der Waals surface area contributed by atoms with E-state index in [1.54, 1.807) is 19.1 Å². The highest BCUT2D eigenvalue weighted by Crippen LogP contribution is 2.64. The van der Waals surface area contributed by atoms with E-state index in [4.69, 9.17) is 0 Å². The summed E-state index contributed by atoms with van der Waals surface area (Å²) in [4.78, 5) is 0. The quantitative estimate of drug-likeness (QED) is 0.771. The molecule has 0 radical (unpaired) electrons. The maximum Gasteiger partial charge on any atom is 0.132 e. The first-order chi connectivity index (χ1) is 7.65. The van der Waals surface area contributed by atoms with Gasteiger partial charge in [-0.3, -0.25) is 0 Å². The molecule has 1 N–H and O–H groups in total. The molecular formula is C14H17FO. The third kappa shape index (κ3) is 1.20. The van der Waals surface area contributed by atoms with Crippen LogP contribution in [0.1, 0.15) is 36.8 Å². The topological polar surface area (TPSA) is 20.2 Å². The van der Waals surface area contributed by atoms with Gasteiger partial charge in [-0.05, 0) is 37.2 Å². The Hall–Kier alpha value is -0.890. The van der Waals surface area contributed by atoms with Crippen LogP contribution in [-0.2, 0) is 5.60 Å². The van der Waals surface area contributed by atoms with Gasteiger partial charge in [0.05, 0.1) is 5.60 Å². The average molecular weight is 220 g/mol. The highest BCUT2D eigenvalue weighted by molar-refractivity contribution is 5.37. The molecule has 1 aromatic rings. The second kappa shape index (κ2) is 3.30. The zero-order valence-corrected chi connectivity index (χ0v) is 9.54. The van der Waals surface area contributed by atoms with Crippen LogP contribution in [0.25, 0.3) is 0 Å². The first-order valence-corrected chi connectivity index (χ1v) is 6.13. The molecule has 0 aliphatic heterocycles. The number of aliphatic hydroxyl groups is 1. The summed E-state index contributed by atoms with van der Waals surface area (Å²) in [6.45, 7) is 1.76. The summed E-state index contributed by atoms with van der Waals surface area (Å²) in [5.74, 6) is 0.398. The summed E-state index contributed by atoms with van der Waals surface area (Å²) in [5.41, 5.74) is 0.311. The number of fused-ring (bicyclic) bond motifs is 1. The maximum absolute atomic E-state index is 14.0. The molecule has 0 aromatic heterocycles. The number of hydrogen-bond acceptors (Lipinski definition) is 1. The normalized spacial score (nSPS) is 36.9. The van der Waals surface area contributed by atoms with Crippen LogP contribution >= 0.6 is 0 Å². The van der Waals surface area contributed by atoms with Crippen molar-refractivity contribution in [2.75, 3.05) is 0 Å². The Morgan fingerprint density at radius 1 is 1.25 bits per heavy atom. The number of hydrogen-bond donors (Lipinski definition) is 1. The summed E-state index contributed by atoms with van der Waals surface area (Å²) in [5, 5.41) is 10.6. The van der Waals surface area contributed by atoms with Crippen molar-refractivity contribution in [3.63, 3.8) is 0 Å². The van der Waals surface area contributed by atoms with Gasteiger partial charge in [0, 0.05) is 5.56 Å². The van der Waals surface area contributed by atoms with Gasteiger partial charge in [0.15, 0.2) is 0 Å². The van der Waals surface area contributed by atoms with Crippen molar-refractivity contribution < 1.29 is 9.50 Å². The van der Waals surface area contributed by atoms with Crippen LogP contribution in [0.3, 0.4) is 0 Å². The van der Waals surface area contributed by atoms with Crippen molar-refractivity contribution >= 4 is 0 Å². The van der Waals surface area contributed by atoms with E-state index < -0.39 is 5.60 Å². The molecule has 0 amide bonds. The van der Waals surface area contributed by atoms with Gasteiger partial charge in [-0.1, -0.05) is 31.0 Å². The second-order valence-corrected chi connectivity index (χ2v) is 5.26. The van der Waals surface area contributed by atoms with Gasteiger partial charge in [0.1, 0.15) is 5.82 Å². The van der Waals surface area contributed by atoms with E-state index in [0.29, 0.717) is 23.0 Å². The lowest BCUT2D eigenvalue weighted by atomic mass is 10.0. The van der Waals surface area contributed by atoms with Crippen LogP contribution in [0.4, 0.5) is 4.39 Å². The van der Waals surface area contributed by atoms with E-state index in [1.165, 1.54) is 12.8 Å². The van der Waals surface area contributed by atoms with Gasteiger partial charge < -0.3 is 5.11 Å². The van der Waals surface area contributed by atoms with Crippen molar-refractivity contribution in [3.8, 4) is 0 Å². The number of rotatable bonds is 1. The Kier molecular flexibility index (Phi) is 2.12. The SMILES string of the molecule is Cc1cccc(C2(O)C3CCCCC32)c1F. The molecule has 3 rings (SSSR count). The average Bonchev–Trinajstić information content (AvgIpc) is 2.91. The molecular weight excluding hydrogens is 203 g/mol. The smallest absolute Gasteiger partial charge is 0.132 e. The predicted octanol–water partition coefficient (Wildman–Crippen LogP) is 3.14. The van der Waals surface area contributed by atoms with Gasteiger partial charge in [-0.25, -0.2) is 4.39 Å². The Morgan fingerprint density at radius 2 is 1.88 bits per heavy atom. The van der Waals surface area contributed by atoms with Crippen molar-refractivity contribution in [1.29, 1.82) is 0 Å². The van der Waals surface area contributed by atoms with E-state index in [0.717, 1.165) is 12.8 Å². The minimum absolute atomic E-state index is 0.209. The molecule has 1 aromatic carbocycles. The number of halogens is 1. The lowest BCUT2D eigenvalue weighted by molar-refractivity contribution is 0.113. The van der Waals surface area contributed by atoms with Gasteiger partial charge in [0.2, 0.25) is 0 Å². The molecule has 16 heavy (non-hydrogen) atoms. The van der Waals surface area contributed by atoms with Gasteiger partial charge in [0.25, 0.3) is 0 Å². The van der Waals surface area contributed by atoms with E-state index in [9.17, 15) is 9.50 Å². The Morgan fingerprint density at radius 3 is 2.50 bits per heavy atom. The fourth-order valence-corrected chi connectivity index (χ4v) is 3.45. The molecule has 2 heteroatoms. The maximum atomic E-state index is 14.0. The summed E-state index contributed by atoms with van der Waals surface area (Å²) >= 11 is 0. The number of aryl methyl sites for hydroxylation is 1. The largest absolute Gasteiger partial charge is 0.384 e. The zero-order chi connectivity index (χ0) is 11.3. The fourth-order valence-electron chi connectivity index (χ4n) is 3.45. The lowest BCUT2D eigenvalue weighted by Gasteiger charge is -2.13. The molecule has 1 nitrogen and oxygen atoms in total. The highest BCUT2D eigenvalue weighted by atomic mass is 19.1. The molecule has 2 unspecified atom stereocenters. The van der Waals surface area contributed by atoms with E-state index in [1.807, 2.05) is 6.07 Å². The molecule has 2 aliphatic rings. The van der Waals surface area contributed by atoms with Crippen molar-refractivity contribution in [3.05, 3.63) is 35.1 Å². The summed E-state index contributed by atoms with van der Waals surface area (Å²) in [6, 6.07) is 5.35.